The first-order valence-corrected chi connectivity index (χ1v) is 10.0. The summed E-state index contributed by atoms with van der Waals surface area (Å²) in [7, 11) is 0. The lowest BCUT2D eigenvalue weighted by Crippen LogP contribution is -2.29. The van der Waals surface area contributed by atoms with Crippen molar-refractivity contribution in [2.45, 2.75) is 53.6 Å². The van der Waals surface area contributed by atoms with E-state index < -0.39 is 0 Å². The van der Waals surface area contributed by atoms with Crippen molar-refractivity contribution in [1.82, 2.24) is 9.88 Å². The van der Waals surface area contributed by atoms with E-state index in [9.17, 15) is 4.79 Å². The Morgan fingerprint density at radius 1 is 1.00 bits per heavy atom. The van der Waals surface area contributed by atoms with Crippen molar-refractivity contribution in [1.29, 1.82) is 0 Å². The van der Waals surface area contributed by atoms with Crippen LogP contribution in [0.25, 0.3) is 0 Å². The first-order valence-electron chi connectivity index (χ1n) is 10.0. The molecule has 0 spiro atoms. The number of nitrogens with zero attached hydrogens (tertiary/aromatic N) is 1. The molecule has 28 heavy (non-hydrogen) atoms. The van der Waals surface area contributed by atoms with Gasteiger partial charge in [0.15, 0.2) is 0 Å². The lowest BCUT2D eigenvalue weighted by molar-refractivity contribution is 0.0930. The SMILES string of the molecule is CCc1c(C)c(C(=O)NC(C)c2ccccc2)n(Cc2ccc(C)cc2)c1C. The van der Waals surface area contributed by atoms with Crippen molar-refractivity contribution in [3.8, 4) is 0 Å². The summed E-state index contributed by atoms with van der Waals surface area (Å²) < 4.78 is 2.17. The lowest BCUT2D eigenvalue weighted by Gasteiger charge is -2.17. The Labute approximate surface area is 168 Å². The number of aromatic nitrogens is 1. The van der Waals surface area contributed by atoms with Crippen LogP contribution in [0.1, 0.15) is 63.9 Å². The lowest BCUT2D eigenvalue weighted by atomic mass is 10.1. The van der Waals surface area contributed by atoms with Gasteiger partial charge in [0.1, 0.15) is 5.69 Å². The topological polar surface area (TPSA) is 34.0 Å². The fraction of sp³-hybridized carbons (Fsp3) is 0.320. The molecule has 1 aromatic heterocycles. The Morgan fingerprint density at radius 3 is 2.25 bits per heavy atom. The standard InChI is InChI=1S/C25H30N2O/c1-6-23-18(3)24(25(28)26-19(4)22-10-8-7-9-11-22)27(20(23)5)16-21-14-12-17(2)13-15-21/h7-15,19H,6,16H2,1-5H3,(H,26,28). The van der Waals surface area contributed by atoms with Crippen LogP contribution < -0.4 is 5.32 Å². The molecule has 3 aromatic rings. The molecule has 146 valence electrons. The van der Waals surface area contributed by atoms with Gasteiger partial charge in [-0.05, 0) is 56.4 Å². The first kappa shape index (κ1) is 19.9. The zero-order valence-corrected chi connectivity index (χ0v) is 17.5. The average molecular weight is 375 g/mol. The van der Waals surface area contributed by atoms with Crippen molar-refractivity contribution in [2.24, 2.45) is 0 Å². The summed E-state index contributed by atoms with van der Waals surface area (Å²) in [4.78, 5) is 13.3. The molecule has 2 aromatic carbocycles. The highest BCUT2D eigenvalue weighted by molar-refractivity contribution is 5.95. The zero-order valence-electron chi connectivity index (χ0n) is 17.5. The molecule has 3 heteroatoms. The fourth-order valence-electron chi connectivity index (χ4n) is 3.92. The average Bonchev–Trinajstić information content (AvgIpc) is 2.93. The van der Waals surface area contributed by atoms with E-state index in [4.69, 9.17) is 0 Å². The van der Waals surface area contributed by atoms with Crippen LogP contribution in [-0.4, -0.2) is 10.5 Å². The summed E-state index contributed by atoms with van der Waals surface area (Å²) in [5, 5.41) is 3.19. The van der Waals surface area contributed by atoms with Gasteiger partial charge in [0.25, 0.3) is 5.91 Å². The van der Waals surface area contributed by atoms with Crippen molar-refractivity contribution >= 4 is 5.91 Å². The van der Waals surface area contributed by atoms with Crippen molar-refractivity contribution in [3.05, 3.63) is 93.8 Å². The van der Waals surface area contributed by atoms with E-state index in [1.807, 2.05) is 37.3 Å². The molecule has 0 fully saturated rings. The Morgan fingerprint density at radius 2 is 1.64 bits per heavy atom. The van der Waals surface area contributed by atoms with Crippen LogP contribution in [0.3, 0.4) is 0 Å². The van der Waals surface area contributed by atoms with Gasteiger partial charge in [-0.1, -0.05) is 67.1 Å². The largest absolute Gasteiger partial charge is 0.344 e. The van der Waals surface area contributed by atoms with Gasteiger partial charge in [0.05, 0.1) is 6.04 Å². The summed E-state index contributed by atoms with van der Waals surface area (Å²) in [6.45, 7) is 11.2. The molecule has 0 saturated carbocycles. The number of hydrogen-bond acceptors (Lipinski definition) is 1. The summed E-state index contributed by atoms with van der Waals surface area (Å²) in [5.41, 5.74) is 7.87. The molecule has 1 amide bonds. The van der Waals surface area contributed by atoms with E-state index >= 15 is 0 Å². The third-order valence-corrected chi connectivity index (χ3v) is 5.60. The Bertz CT molecular complexity index is 952. The van der Waals surface area contributed by atoms with Crippen molar-refractivity contribution in [3.63, 3.8) is 0 Å². The third-order valence-electron chi connectivity index (χ3n) is 5.60. The van der Waals surface area contributed by atoms with Crippen molar-refractivity contribution < 1.29 is 4.79 Å². The van der Waals surface area contributed by atoms with E-state index in [-0.39, 0.29) is 11.9 Å². The molecule has 1 atom stereocenters. The van der Waals surface area contributed by atoms with E-state index in [0.717, 1.165) is 23.2 Å². The van der Waals surface area contributed by atoms with E-state index in [1.165, 1.54) is 22.4 Å². The minimum absolute atomic E-state index is 0.0104. The van der Waals surface area contributed by atoms with Crippen LogP contribution >= 0.6 is 0 Å². The monoisotopic (exact) mass is 374 g/mol. The highest BCUT2D eigenvalue weighted by Gasteiger charge is 2.23. The van der Waals surface area contributed by atoms with Gasteiger partial charge in [-0.15, -0.1) is 0 Å². The van der Waals surface area contributed by atoms with Gasteiger partial charge in [-0.25, -0.2) is 0 Å². The number of aryl methyl sites for hydroxylation is 1. The van der Waals surface area contributed by atoms with Gasteiger partial charge in [-0.2, -0.15) is 0 Å². The summed E-state index contributed by atoms with van der Waals surface area (Å²) in [6.07, 6.45) is 0.924. The molecule has 0 saturated heterocycles. The van der Waals surface area contributed by atoms with Gasteiger partial charge in [-0.3, -0.25) is 4.79 Å². The fourth-order valence-corrected chi connectivity index (χ4v) is 3.92. The number of benzene rings is 2. The number of rotatable bonds is 6. The molecule has 1 heterocycles. The number of carbonyl (C=O) groups is 1. The van der Waals surface area contributed by atoms with Crippen molar-refractivity contribution in [2.75, 3.05) is 0 Å². The summed E-state index contributed by atoms with van der Waals surface area (Å²) in [5.74, 6) is -0.0104. The molecular formula is C25H30N2O. The minimum Gasteiger partial charge on any atom is -0.344 e. The van der Waals surface area contributed by atoms with Gasteiger partial charge >= 0.3 is 0 Å². The Kier molecular flexibility index (Phi) is 6.03. The molecule has 1 N–H and O–H groups in total. The van der Waals surface area contributed by atoms with Crippen LogP contribution in [0.5, 0.6) is 0 Å². The molecule has 0 aliphatic rings. The molecule has 3 nitrogen and oxygen atoms in total. The van der Waals surface area contributed by atoms with Gasteiger partial charge in [0.2, 0.25) is 0 Å². The van der Waals surface area contributed by atoms with Crippen LogP contribution in [0.2, 0.25) is 0 Å². The second kappa shape index (κ2) is 8.47. The number of hydrogen-bond donors (Lipinski definition) is 1. The Hall–Kier alpha value is -2.81. The van der Waals surface area contributed by atoms with Crippen LogP contribution in [0.15, 0.2) is 54.6 Å². The normalized spacial score (nSPS) is 12.0. The van der Waals surface area contributed by atoms with Crippen LogP contribution in [0, 0.1) is 20.8 Å². The van der Waals surface area contributed by atoms with Crippen LogP contribution in [0.4, 0.5) is 0 Å². The molecule has 3 rings (SSSR count). The Balaban J connectivity index is 1.94. The maximum Gasteiger partial charge on any atom is 0.268 e. The highest BCUT2D eigenvalue weighted by Crippen LogP contribution is 2.25. The van der Waals surface area contributed by atoms with Gasteiger partial charge < -0.3 is 9.88 Å². The number of carbonyl (C=O) groups excluding carboxylic acids is 1. The first-order chi connectivity index (χ1) is 13.4. The van der Waals surface area contributed by atoms with E-state index in [0.29, 0.717) is 6.54 Å². The second-order valence-corrected chi connectivity index (χ2v) is 7.57. The maximum absolute atomic E-state index is 13.3. The summed E-state index contributed by atoms with van der Waals surface area (Å²) in [6, 6.07) is 18.6. The molecule has 0 bridgehead atoms. The predicted molar refractivity (Wildman–Crippen MR) is 116 cm³/mol. The molecule has 0 radical (unpaired) electrons. The molecular weight excluding hydrogens is 344 g/mol. The van der Waals surface area contributed by atoms with Gasteiger partial charge in [0, 0.05) is 12.2 Å². The van der Waals surface area contributed by atoms with Crippen LogP contribution in [-0.2, 0) is 13.0 Å². The smallest absolute Gasteiger partial charge is 0.268 e. The van der Waals surface area contributed by atoms with E-state index in [2.05, 4.69) is 61.8 Å². The summed E-state index contributed by atoms with van der Waals surface area (Å²) >= 11 is 0. The molecule has 0 aliphatic heterocycles. The number of amides is 1. The number of nitrogens with one attached hydrogen (secondary N) is 1. The quantitative estimate of drug-likeness (QED) is 0.606. The minimum atomic E-state index is -0.0405. The predicted octanol–water partition coefficient (Wildman–Crippen LogP) is 5.52. The molecule has 0 aliphatic carbocycles. The third kappa shape index (κ3) is 4.04. The zero-order chi connectivity index (χ0) is 20.3. The second-order valence-electron chi connectivity index (χ2n) is 7.57. The highest BCUT2D eigenvalue weighted by atomic mass is 16.2. The van der Waals surface area contributed by atoms with E-state index in [1.54, 1.807) is 0 Å². The maximum atomic E-state index is 13.3. The molecule has 1 unspecified atom stereocenters.